The van der Waals surface area contributed by atoms with Crippen molar-refractivity contribution in [2.45, 2.75) is 25.6 Å². The van der Waals surface area contributed by atoms with Gasteiger partial charge in [0.2, 0.25) is 0 Å². The summed E-state index contributed by atoms with van der Waals surface area (Å²) in [6.07, 6.45) is 2.29. The highest BCUT2D eigenvalue weighted by atomic mass is 16.5. The molecule has 0 N–H and O–H groups in total. The van der Waals surface area contributed by atoms with Gasteiger partial charge in [0, 0.05) is 19.8 Å². The molecule has 0 bridgehead atoms. The zero-order valence-electron chi connectivity index (χ0n) is 9.65. The van der Waals surface area contributed by atoms with Gasteiger partial charge >= 0.3 is 5.97 Å². The van der Waals surface area contributed by atoms with E-state index in [0.29, 0.717) is 12.0 Å². The standard InChI is InChI=1S/C11H18O4/c1-7-5-8(11(12)15-4)6-9(13-2)10(7)14-3/h6-7,9-10H,5H2,1-4H3. The number of ether oxygens (including phenoxy) is 3. The molecule has 0 heterocycles. The fraction of sp³-hybridized carbons (Fsp3) is 0.727. The van der Waals surface area contributed by atoms with Gasteiger partial charge in [0.05, 0.1) is 13.2 Å². The first-order valence-electron chi connectivity index (χ1n) is 4.98. The van der Waals surface area contributed by atoms with Crippen molar-refractivity contribution < 1.29 is 19.0 Å². The second kappa shape index (κ2) is 5.28. The highest BCUT2D eigenvalue weighted by Gasteiger charge is 2.33. The Hall–Kier alpha value is -0.870. The third kappa shape index (κ3) is 2.58. The Kier molecular flexibility index (Phi) is 4.29. The van der Waals surface area contributed by atoms with E-state index in [-0.39, 0.29) is 24.1 Å². The first kappa shape index (κ1) is 12.2. The summed E-state index contributed by atoms with van der Waals surface area (Å²) in [6, 6.07) is 0. The lowest BCUT2D eigenvalue weighted by Crippen LogP contribution is -2.38. The first-order valence-corrected chi connectivity index (χ1v) is 4.98. The molecule has 0 saturated carbocycles. The number of carbonyl (C=O) groups is 1. The van der Waals surface area contributed by atoms with Crippen LogP contribution in [0.25, 0.3) is 0 Å². The summed E-state index contributed by atoms with van der Waals surface area (Å²) < 4.78 is 15.3. The van der Waals surface area contributed by atoms with E-state index in [1.807, 2.05) is 6.92 Å². The lowest BCUT2D eigenvalue weighted by atomic mass is 9.86. The minimum atomic E-state index is -0.279. The summed E-state index contributed by atoms with van der Waals surface area (Å²) >= 11 is 0. The molecule has 3 unspecified atom stereocenters. The monoisotopic (exact) mass is 214 g/mol. The van der Waals surface area contributed by atoms with Crippen molar-refractivity contribution in [2.75, 3.05) is 21.3 Å². The lowest BCUT2D eigenvalue weighted by molar-refractivity contribution is -0.137. The zero-order chi connectivity index (χ0) is 11.4. The van der Waals surface area contributed by atoms with Crippen molar-refractivity contribution in [3.05, 3.63) is 11.6 Å². The molecule has 15 heavy (non-hydrogen) atoms. The molecule has 0 saturated heterocycles. The molecule has 0 radical (unpaired) electrons. The van der Waals surface area contributed by atoms with Gasteiger partial charge in [-0.05, 0) is 18.4 Å². The number of esters is 1. The van der Waals surface area contributed by atoms with E-state index >= 15 is 0 Å². The van der Waals surface area contributed by atoms with Gasteiger partial charge in [-0.1, -0.05) is 6.92 Å². The third-order valence-corrected chi connectivity index (χ3v) is 2.78. The molecule has 0 aromatic heterocycles. The van der Waals surface area contributed by atoms with Crippen LogP contribution < -0.4 is 0 Å². The Morgan fingerprint density at radius 3 is 2.47 bits per heavy atom. The van der Waals surface area contributed by atoms with E-state index in [4.69, 9.17) is 14.2 Å². The molecule has 1 aliphatic rings. The summed E-state index contributed by atoms with van der Waals surface area (Å²) in [7, 11) is 4.66. The van der Waals surface area contributed by atoms with Crippen LogP contribution in [-0.4, -0.2) is 39.5 Å². The van der Waals surface area contributed by atoms with Crippen LogP contribution in [0.4, 0.5) is 0 Å². The molecular formula is C11H18O4. The van der Waals surface area contributed by atoms with Gasteiger partial charge in [-0.25, -0.2) is 4.79 Å². The summed E-state index contributed by atoms with van der Waals surface area (Å²) in [5.41, 5.74) is 0.671. The number of rotatable bonds is 3. The highest BCUT2D eigenvalue weighted by molar-refractivity contribution is 5.88. The van der Waals surface area contributed by atoms with E-state index in [9.17, 15) is 4.79 Å². The van der Waals surface area contributed by atoms with E-state index in [1.54, 1.807) is 20.3 Å². The summed E-state index contributed by atoms with van der Waals surface area (Å²) in [5, 5.41) is 0. The molecule has 0 amide bonds. The maximum atomic E-state index is 11.4. The zero-order valence-corrected chi connectivity index (χ0v) is 9.65. The molecule has 1 rings (SSSR count). The van der Waals surface area contributed by atoms with Crippen molar-refractivity contribution in [3.63, 3.8) is 0 Å². The van der Waals surface area contributed by atoms with Crippen molar-refractivity contribution >= 4 is 5.97 Å². The summed E-state index contributed by atoms with van der Waals surface area (Å²) in [6.45, 7) is 2.04. The molecule has 3 atom stereocenters. The Labute approximate surface area is 90.2 Å². The van der Waals surface area contributed by atoms with Gasteiger partial charge in [0.1, 0.15) is 6.10 Å². The van der Waals surface area contributed by atoms with Crippen LogP contribution >= 0.6 is 0 Å². The molecule has 4 nitrogen and oxygen atoms in total. The Balaban J connectivity index is 2.85. The van der Waals surface area contributed by atoms with Gasteiger partial charge in [0.25, 0.3) is 0 Å². The van der Waals surface area contributed by atoms with Crippen LogP contribution in [0, 0.1) is 5.92 Å². The Morgan fingerprint density at radius 1 is 1.33 bits per heavy atom. The van der Waals surface area contributed by atoms with Gasteiger partial charge in [-0.2, -0.15) is 0 Å². The maximum Gasteiger partial charge on any atom is 0.333 e. The molecule has 4 heteroatoms. The number of carbonyl (C=O) groups excluding carboxylic acids is 1. The highest BCUT2D eigenvalue weighted by Crippen LogP contribution is 2.28. The van der Waals surface area contributed by atoms with Crippen molar-refractivity contribution in [1.82, 2.24) is 0 Å². The smallest absolute Gasteiger partial charge is 0.333 e. The normalized spacial score (nSPS) is 30.9. The summed E-state index contributed by atoms with van der Waals surface area (Å²) in [5.74, 6) is -0.0301. The molecule has 1 aliphatic carbocycles. The quantitative estimate of drug-likeness (QED) is 0.661. The van der Waals surface area contributed by atoms with Crippen molar-refractivity contribution in [3.8, 4) is 0 Å². The van der Waals surface area contributed by atoms with Gasteiger partial charge in [0.15, 0.2) is 0 Å². The van der Waals surface area contributed by atoms with Gasteiger partial charge in [-0.15, -0.1) is 0 Å². The predicted octanol–water partition coefficient (Wildman–Crippen LogP) is 1.16. The van der Waals surface area contributed by atoms with E-state index in [2.05, 4.69) is 0 Å². The van der Waals surface area contributed by atoms with Crippen LogP contribution in [0.1, 0.15) is 13.3 Å². The van der Waals surface area contributed by atoms with Crippen molar-refractivity contribution in [2.24, 2.45) is 5.92 Å². The van der Waals surface area contributed by atoms with Crippen LogP contribution in [0.2, 0.25) is 0 Å². The Morgan fingerprint density at radius 2 is 2.00 bits per heavy atom. The number of methoxy groups -OCH3 is 3. The predicted molar refractivity (Wildman–Crippen MR) is 55.5 cm³/mol. The number of hydrogen-bond acceptors (Lipinski definition) is 4. The average Bonchev–Trinajstić information content (AvgIpc) is 2.26. The minimum absolute atomic E-state index is 0.00315. The van der Waals surface area contributed by atoms with Gasteiger partial charge < -0.3 is 14.2 Å². The van der Waals surface area contributed by atoms with Crippen LogP contribution in [-0.2, 0) is 19.0 Å². The van der Waals surface area contributed by atoms with Crippen LogP contribution in [0.5, 0.6) is 0 Å². The second-order valence-corrected chi connectivity index (χ2v) is 3.77. The second-order valence-electron chi connectivity index (χ2n) is 3.77. The molecule has 0 aromatic carbocycles. The fourth-order valence-corrected chi connectivity index (χ4v) is 2.00. The van der Waals surface area contributed by atoms with E-state index < -0.39 is 0 Å². The molecular weight excluding hydrogens is 196 g/mol. The molecule has 0 aliphatic heterocycles. The maximum absolute atomic E-state index is 11.4. The minimum Gasteiger partial charge on any atom is -0.466 e. The Bertz CT molecular complexity index is 259. The molecule has 0 aromatic rings. The first-order chi connectivity index (χ1) is 7.13. The van der Waals surface area contributed by atoms with Crippen molar-refractivity contribution in [1.29, 1.82) is 0 Å². The van der Waals surface area contributed by atoms with E-state index in [1.165, 1.54) is 7.11 Å². The molecule has 0 fully saturated rings. The van der Waals surface area contributed by atoms with Crippen LogP contribution in [0.15, 0.2) is 11.6 Å². The van der Waals surface area contributed by atoms with Crippen LogP contribution in [0.3, 0.4) is 0 Å². The topological polar surface area (TPSA) is 44.8 Å². The lowest BCUT2D eigenvalue weighted by Gasteiger charge is -2.32. The average molecular weight is 214 g/mol. The van der Waals surface area contributed by atoms with Gasteiger partial charge in [-0.3, -0.25) is 0 Å². The SMILES string of the molecule is COC(=O)C1=CC(OC)C(OC)C(C)C1. The molecule has 86 valence electrons. The summed E-state index contributed by atoms with van der Waals surface area (Å²) in [4.78, 5) is 11.4. The number of hydrogen-bond donors (Lipinski definition) is 0. The third-order valence-electron chi connectivity index (χ3n) is 2.78. The van der Waals surface area contributed by atoms with E-state index in [0.717, 1.165) is 0 Å². The molecule has 0 spiro atoms. The fourth-order valence-electron chi connectivity index (χ4n) is 2.00. The largest absolute Gasteiger partial charge is 0.466 e.